The number of urea groups is 1. The lowest BCUT2D eigenvalue weighted by molar-refractivity contribution is -0.129. The Hall–Kier alpha value is -3.06. The number of amides is 3. The first-order valence-corrected chi connectivity index (χ1v) is 10.8. The van der Waals surface area contributed by atoms with Gasteiger partial charge in [-0.05, 0) is 48.4 Å². The van der Waals surface area contributed by atoms with Gasteiger partial charge in [0.2, 0.25) is 5.91 Å². The second-order valence-corrected chi connectivity index (χ2v) is 8.94. The molecular weight excluding hydrogens is 392 g/mol. The Bertz CT molecular complexity index is 1010. The maximum Gasteiger partial charge on any atom is 0.331 e. The normalized spacial score (nSPS) is 20.0. The third kappa shape index (κ3) is 3.53. The largest absolute Gasteiger partial charge is 0.497 e. The minimum atomic E-state index is -0.258. The van der Waals surface area contributed by atoms with Gasteiger partial charge in [0.25, 0.3) is 0 Å². The number of imide groups is 1. The molecule has 0 atom stereocenters. The average Bonchev–Trinajstić information content (AvgIpc) is 2.70. The number of ether oxygens (including phenoxy) is 1. The van der Waals surface area contributed by atoms with Crippen molar-refractivity contribution in [2.75, 3.05) is 49.6 Å². The molecule has 1 N–H and O–H groups in total. The second kappa shape index (κ2) is 7.57. The number of nitrogens with one attached hydrogen (secondary N) is 1. The van der Waals surface area contributed by atoms with Crippen molar-refractivity contribution in [3.63, 3.8) is 0 Å². The fourth-order valence-corrected chi connectivity index (χ4v) is 4.77. The summed E-state index contributed by atoms with van der Waals surface area (Å²) in [5, 5.41) is 3.37. The Kier molecular flexibility index (Phi) is 4.85. The number of hydrogen-bond donors (Lipinski definition) is 1. The predicted molar refractivity (Wildman–Crippen MR) is 120 cm³/mol. The summed E-state index contributed by atoms with van der Waals surface area (Å²) < 4.78 is 5.19. The van der Waals surface area contributed by atoms with Gasteiger partial charge in [-0.15, -0.1) is 0 Å². The highest BCUT2D eigenvalue weighted by Gasteiger charge is 2.47. The van der Waals surface area contributed by atoms with E-state index in [2.05, 4.69) is 22.3 Å². The topological polar surface area (TPSA) is 65.1 Å². The van der Waals surface area contributed by atoms with Crippen LogP contribution in [0.5, 0.6) is 5.75 Å². The smallest absolute Gasteiger partial charge is 0.331 e. The predicted octanol–water partition coefficient (Wildman–Crippen LogP) is 2.77. The van der Waals surface area contributed by atoms with Gasteiger partial charge < -0.3 is 15.0 Å². The number of carbonyl (C=O) groups is 2. The maximum absolute atomic E-state index is 13.2. The zero-order chi connectivity index (χ0) is 21.6. The lowest BCUT2D eigenvalue weighted by Gasteiger charge is -2.57. The van der Waals surface area contributed by atoms with Crippen LogP contribution in [0.15, 0.2) is 42.5 Å². The van der Waals surface area contributed by atoms with E-state index < -0.39 is 0 Å². The summed E-state index contributed by atoms with van der Waals surface area (Å²) in [6.45, 7) is 7.12. The maximum atomic E-state index is 13.2. The second-order valence-electron chi connectivity index (χ2n) is 8.94. The van der Waals surface area contributed by atoms with Crippen molar-refractivity contribution in [1.82, 2.24) is 10.2 Å². The van der Waals surface area contributed by atoms with Crippen LogP contribution < -0.4 is 19.9 Å². The first kappa shape index (κ1) is 19.9. The van der Waals surface area contributed by atoms with Crippen LogP contribution in [0.25, 0.3) is 0 Å². The van der Waals surface area contributed by atoms with Gasteiger partial charge in [0.1, 0.15) is 5.75 Å². The van der Waals surface area contributed by atoms with Crippen molar-refractivity contribution in [3.8, 4) is 5.75 Å². The Balaban J connectivity index is 1.31. The summed E-state index contributed by atoms with van der Waals surface area (Å²) in [6, 6.07) is 13.5. The van der Waals surface area contributed by atoms with Crippen molar-refractivity contribution < 1.29 is 14.3 Å². The van der Waals surface area contributed by atoms with Crippen LogP contribution in [0.4, 0.5) is 16.2 Å². The highest BCUT2D eigenvalue weighted by Crippen LogP contribution is 2.39. The molecule has 0 aliphatic carbocycles. The number of methoxy groups -OCH3 is 1. The molecule has 0 saturated carbocycles. The summed E-state index contributed by atoms with van der Waals surface area (Å²) in [5.74, 6) is 0.616. The molecule has 0 aromatic heterocycles. The van der Waals surface area contributed by atoms with Gasteiger partial charge in [-0.2, -0.15) is 0 Å². The van der Waals surface area contributed by atoms with Gasteiger partial charge in [0.05, 0.1) is 13.7 Å². The first-order chi connectivity index (χ1) is 15.0. The van der Waals surface area contributed by atoms with Gasteiger partial charge in [-0.1, -0.05) is 12.1 Å². The van der Waals surface area contributed by atoms with E-state index in [0.29, 0.717) is 18.4 Å². The van der Waals surface area contributed by atoms with E-state index in [4.69, 9.17) is 4.74 Å². The highest BCUT2D eigenvalue weighted by molar-refractivity contribution is 6.06. The van der Waals surface area contributed by atoms with Crippen LogP contribution in [0.3, 0.4) is 0 Å². The number of nitrogens with zero attached hydrogens (tertiary/aromatic N) is 3. The van der Waals surface area contributed by atoms with Gasteiger partial charge in [0.15, 0.2) is 0 Å². The fourth-order valence-electron chi connectivity index (χ4n) is 4.77. The van der Waals surface area contributed by atoms with Crippen LogP contribution >= 0.6 is 0 Å². The van der Waals surface area contributed by atoms with Gasteiger partial charge >= 0.3 is 6.03 Å². The molecule has 3 heterocycles. The zero-order valence-electron chi connectivity index (χ0n) is 18.1. The quantitative estimate of drug-likeness (QED) is 0.806. The number of anilines is 2. The third-order valence-electron chi connectivity index (χ3n) is 6.70. The average molecular weight is 421 g/mol. The molecule has 7 nitrogen and oxygen atoms in total. The van der Waals surface area contributed by atoms with Crippen LogP contribution in [-0.2, 0) is 11.3 Å². The molecule has 0 unspecified atom stereocenters. The lowest BCUT2D eigenvalue weighted by Crippen LogP contribution is -2.71. The summed E-state index contributed by atoms with van der Waals surface area (Å²) >= 11 is 0. The molecule has 3 fully saturated rings. The number of hydrogen-bond acceptors (Lipinski definition) is 5. The molecule has 2 aromatic rings. The monoisotopic (exact) mass is 420 g/mol. The van der Waals surface area contributed by atoms with E-state index in [9.17, 15) is 9.59 Å². The minimum Gasteiger partial charge on any atom is -0.497 e. The van der Waals surface area contributed by atoms with Gasteiger partial charge in [0, 0.05) is 55.9 Å². The van der Waals surface area contributed by atoms with Crippen LogP contribution in [-0.4, -0.2) is 56.7 Å². The van der Waals surface area contributed by atoms with E-state index in [1.807, 2.05) is 37.3 Å². The van der Waals surface area contributed by atoms with E-state index in [-0.39, 0.29) is 18.5 Å². The molecule has 3 amide bonds. The molecule has 1 spiro atoms. The molecule has 3 saturated heterocycles. The Labute approximate surface area is 182 Å². The molecule has 0 radical (unpaired) electrons. The molecule has 31 heavy (non-hydrogen) atoms. The van der Waals surface area contributed by atoms with Crippen molar-refractivity contribution in [3.05, 3.63) is 53.6 Å². The molecule has 0 bridgehead atoms. The zero-order valence-corrected chi connectivity index (χ0v) is 18.1. The number of carbonyl (C=O) groups excluding carboxylic acids is 2. The van der Waals surface area contributed by atoms with Crippen molar-refractivity contribution in [1.29, 1.82) is 0 Å². The molecular formula is C24H28N4O3. The molecule has 3 aliphatic rings. The summed E-state index contributed by atoms with van der Waals surface area (Å²) in [6.07, 6.45) is 0.324. The minimum absolute atomic E-state index is 0.133. The molecule has 7 heteroatoms. The Morgan fingerprint density at radius 3 is 2.42 bits per heavy atom. The van der Waals surface area contributed by atoms with Crippen molar-refractivity contribution in [2.24, 2.45) is 5.41 Å². The standard InChI is InChI=1S/C24H28N4O3/c1-17-11-19(26-15-24(16-26)13-25-14-24)5-8-21(17)27-10-9-22(29)28(23(27)30)12-18-3-6-20(31-2)7-4-18/h3-8,11,25H,9-10,12-16H2,1-2H3. The summed E-state index contributed by atoms with van der Waals surface area (Å²) in [4.78, 5) is 31.2. The van der Waals surface area contributed by atoms with Crippen molar-refractivity contribution in [2.45, 2.75) is 19.9 Å². The van der Waals surface area contributed by atoms with Gasteiger partial charge in [-0.25, -0.2) is 4.79 Å². The number of aryl methyl sites for hydroxylation is 1. The van der Waals surface area contributed by atoms with E-state index in [1.165, 1.54) is 10.6 Å². The Morgan fingerprint density at radius 2 is 1.81 bits per heavy atom. The lowest BCUT2D eigenvalue weighted by atomic mass is 9.74. The number of rotatable bonds is 5. The fraction of sp³-hybridized carbons (Fsp3) is 0.417. The molecule has 162 valence electrons. The van der Waals surface area contributed by atoms with Crippen LogP contribution in [0.1, 0.15) is 17.5 Å². The first-order valence-electron chi connectivity index (χ1n) is 10.8. The SMILES string of the molecule is COc1ccc(CN2C(=O)CCN(c3ccc(N4CC5(CNC5)C4)cc3C)C2=O)cc1. The highest BCUT2D eigenvalue weighted by atomic mass is 16.5. The van der Waals surface area contributed by atoms with E-state index >= 15 is 0 Å². The van der Waals surface area contributed by atoms with Crippen LogP contribution in [0, 0.1) is 12.3 Å². The third-order valence-corrected chi connectivity index (χ3v) is 6.70. The molecule has 2 aromatic carbocycles. The molecule has 3 aliphatic heterocycles. The summed E-state index contributed by atoms with van der Waals surface area (Å²) in [5.41, 5.74) is 4.50. The summed E-state index contributed by atoms with van der Waals surface area (Å²) in [7, 11) is 1.61. The van der Waals surface area contributed by atoms with Crippen molar-refractivity contribution >= 4 is 23.3 Å². The van der Waals surface area contributed by atoms with E-state index in [1.54, 1.807) is 12.0 Å². The number of benzene rings is 2. The Morgan fingerprint density at radius 1 is 1.06 bits per heavy atom. The van der Waals surface area contributed by atoms with Crippen LogP contribution in [0.2, 0.25) is 0 Å². The van der Waals surface area contributed by atoms with Gasteiger partial charge in [-0.3, -0.25) is 14.6 Å². The molecule has 5 rings (SSSR count). The van der Waals surface area contributed by atoms with E-state index in [0.717, 1.165) is 48.7 Å².